The first-order valence-corrected chi connectivity index (χ1v) is 6.40. The highest BCUT2D eigenvalue weighted by Crippen LogP contribution is 2.31. The molecule has 2 rings (SSSR count). The highest BCUT2D eigenvalue weighted by molar-refractivity contribution is 5.96. The third-order valence-corrected chi connectivity index (χ3v) is 3.35. The Kier molecular flexibility index (Phi) is 3.37. The molecule has 0 aliphatic carbocycles. The summed E-state index contributed by atoms with van der Waals surface area (Å²) in [4.78, 5) is 2.47. The van der Waals surface area contributed by atoms with Crippen molar-refractivity contribution in [1.29, 1.82) is 0 Å². The first-order chi connectivity index (χ1) is 8.15. The van der Waals surface area contributed by atoms with E-state index in [0.29, 0.717) is 6.04 Å². The molecule has 0 aromatic heterocycles. The Hall–Kier alpha value is -1.50. The first kappa shape index (κ1) is 12.0. The molecule has 0 atom stereocenters. The first-order valence-electron chi connectivity index (χ1n) is 6.40. The third-order valence-electron chi connectivity index (χ3n) is 3.35. The second-order valence-corrected chi connectivity index (χ2v) is 4.83. The van der Waals surface area contributed by atoms with Gasteiger partial charge in [0.2, 0.25) is 0 Å². The Labute approximate surface area is 104 Å². The Morgan fingerprint density at radius 3 is 2.41 bits per heavy atom. The van der Waals surface area contributed by atoms with Gasteiger partial charge in [-0.1, -0.05) is 36.4 Å². The fourth-order valence-electron chi connectivity index (χ4n) is 2.53. The molecule has 0 N–H and O–H groups in total. The van der Waals surface area contributed by atoms with Crippen LogP contribution in [0.25, 0.3) is 10.8 Å². The summed E-state index contributed by atoms with van der Waals surface area (Å²) in [7, 11) is 0. The van der Waals surface area contributed by atoms with Crippen LogP contribution >= 0.6 is 0 Å². The highest BCUT2D eigenvalue weighted by Gasteiger charge is 2.13. The van der Waals surface area contributed by atoms with Crippen molar-refractivity contribution in [1.82, 2.24) is 0 Å². The molecule has 0 radical (unpaired) electrons. The van der Waals surface area contributed by atoms with Crippen LogP contribution in [-0.4, -0.2) is 12.6 Å². The highest BCUT2D eigenvalue weighted by atomic mass is 15.1. The van der Waals surface area contributed by atoms with Gasteiger partial charge in [0.05, 0.1) is 0 Å². The summed E-state index contributed by atoms with van der Waals surface area (Å²) in [6, 6.07) is 13.6. The van der Waals surface area contributed by atoms with E-state index in [9.17, 15) is 0 Å². The number of fused-ring (bicyclic) bond motifs is 1. The Bertz CT molecular complexity index is 514. The predicted octanol–water partition coefficient (Wildman–Crippen LogP) is 4.38. The number of hydrogen-bond acceptors (Lipinski definition) is 1. The maximum Gasteiger partial charge on any atom is 0.0477 e. The molecule has 0 heterocycles. The molecule has 0 unspecified atom stereocenters. The summed E-state index contributed by atoms with van der Waals surface area (Å²) in [5.41, 5.74) is 2.75. The lowest BCUT2D eigenvalue weighted by molar-refractivity contribution is 0.704. The Morgan fingerprint density at radius 1 is 1.06 bits per heavy atom. The van der Waals surface area contributed by atoms with Crippen LogP contribution in [0.2, 0.25) is 0 Å². The van der Waals surface area contributed by atoms with Crippen LogP contribution < -0.4 is 4.90 Å². The summed E-state index contributed by atoms with van der Waals surface area (Å²) < 4.78 is 0. The second-order valence-electron chi connectivity index (χ2n) is 4.83. The SMILES string of the molecule is CCN(c1c(C)ccc2ccccc12)C(C)C. The average Bonchev–Trinajstić information content (AvgIpc) is 2.32. The van der Waals surface area contributed by atoms with Crippen LogP contribution in [-0.2, 0) is 0 Å². The van der Waals surface area contributed by atoms with Crippen molar-refractivity contribution >= 4 is 16.5 Å². The molecule has 17 heavy (non-hydrogen) atoms. The lowest BCUT2D eigenvalue weighted by Crippen LogP contribution is -2.31. The Balaban J connectivity index is 2.69. The van der Waals surface area contributed by atoms with E-state index in [1.54, 1.807) is 0 Å². The molecule has 2 aromatic rings. The average molecular weight is 227 g/mol. The smallest absolute Gasteiger partial charge is 0.0477 e. The lowest BCUT2D eigenvalue weighted by atomic mass is 10.0. The molecule has 1 nitrogen and oxygen atoms in total. The molecular weight excluding hydrogens is 206 g/mol. The van der Waals surface area contributed by atoms with E-state index in [1.165, 1.54) is 22.0 Å². The van der Waals surface area contributed by atoms with Crippen molar-refractivity contribution < 1.29 is 0 Å². The summed E-state index contributed by atoms with van der Waals surface area (Å²) in [6.45, 7) is 9.98. The van der Waals surface area contributed by atoms with E-state index in [2.05, 4.69) is 69.0 Å². The number of aryl methyl sites for hydroxylation is 1. The summed E-state index contributed by atoms with van der Waals surface area (Å²) in [5, 5.41) is 2.69. The van der Waals surface area contributed by atoms with Gasteiger partial charge in [-0.25, -0.2) is 0 Å². The number of hydrogen-bond donors (Lipinski definition) is 0. The van der Waals surface area contributed by atoms with Crippen molar-refractivity contribution in [2.45, 2.75) is 33.7 Å². The quantitative estimate of drug-likeness (QED) is 0.752. The second kappa shape index (κ2) is 4.79. The molecule has 2 aromatic carbocycles. The van der Waals surface area contributed by atoms with Crippen molar-refractivity contribution in [2.24, 2.45) is 0 Å². The van der Waals surface area contributed by atoms with E-state index in [1.807, 2.05) is 0 Å². The molecule has 0 spiro atoms. The number of anilines is 1. The minimum atomic E-state index is 0.532. The minimum absolute atomic E-state index is 0.532. The van der Waals surface area contributed by atoms with E-state index in [0.717, 1.165) is 6.54 Å². The van der Waals surface area contributed by atoms with Crippen molar-refractivity contribution in [3.8, 4) is 0 Å². The van der Waals surface area contributed by atoms with Crippen molar-refractivity contribution in [3.63, 3.8) is 0 Å². The maximum absolute atomic E-state index is 2.47. The van der Waals surface area contributed by atoms with Gasteiger partial charge < -0.3 is 4.90 Å². The van der Waals surface area contributed by atoms with E-state index < -0.39 is 0 Å². The fourth-order valence-corrected chi connectivity index (χ4v) is 2.53. The molecular formula is C16H21N. The maximum atomic E-state index is 2.47. The van der Waals surface area contributed by atoms with Gasteiger partial charge in [-0.2, -0.15) is 0 Å². The van der Waals surface area contributed by atoms with Gasteiger partial charge in [0, 0.05) is 23.7 Å². The summed E-state index contributed by atoms with van der Waals surface area (Å²) >= 11 is 0. The van der Waals surface area contributed by atoms with Gasteiger partial charge >= 0.3 is 0 Å². The van der Waals surface area contributed by atoms with Gasteiger partial charge in [0.15, 0.2) is 0 Å². The summed E-state index contributed by atoms with van der Waals surface area (Å²) in [5.74, 6) is 0. The fraction of sp³-hybridized carbons (Fsp3) is 0.375. The third kappa shape index (κ3) is 2.14. The number of nitrogens with zero attached hydrogens (tertiary/aromatic N) is 1. The number of benzene rings is 2. The van der Waals surface area contributed by atoms with Crippen LogP contribution in [0.1, 0.15) is 26.3 Å². The predicted molar refractivity (Wildman–Crippen MR) is 76.8 cm³/mol. The normalized spacial score (nSPS) is 11.1. The molecule has 90 valence electrons. The minimum Gasteiger partial charge on any atom is -0.369 e. The van der Waals surface area contributed by atoms with Crippen LogP contribution in [0.5, 0.6) is 0 Å². The van der Waals surface area contributed by atoms with Gasteiger partial charge in [-0.3, -0.25) is 0 Å². The van der Waals surface area contributed by atoms with E-state index in [4.69, 9.17) is 0 Å². The van der Waals surface area contributed by atoms with Crippen molar-refractivity contribution in [2.75, 3.05) is 11.4 Å². The molecule has 0 aliphatic rings. The van der Waals surface area contributed by atoms with Crippen LogP contribution in [0.3, 0.4) is 0 Å². The molecule has 0 saturated carbocycles. The van der Waals surface area contributed by atoms with Gasteiger partial charge in [0.25, 0.3) is 0 Å². The van der Waals surface area contributed by atoms with Crippen LogP contribution in [0, 0.1) is 6.92 Å². The summed E-state index contributed by atoms with van der Waals surface area (Å²) in [6.07, 6.45) is 0. The molecule has 0 aliphatic heterocycles. The van der Waals surface area contributed by atoms with Crippen LogP contribution in [0.4, 0.5) is 5.69 Å². The van der Waals surface area contributed by atoms with E-state index in [-0.39, 0.29) is 0 Å². The zero-order chi connectivity index (χ0) is 12.4. The van der Waals surface area contributed by atoms with E-state index >= 15 is 0 Å². The number of rotatable bonds is 3. The molecule has 1 heteroatoms. The van der Waals surface area contributed by atoms with Gasteiger partial charge in [-0.05, 0) is 38.6 Å². The van der Waals surface area contributed by atoms with Gasteiger partial charge in [-0.15, -0.1) is 0 Å². The van der Waals surface area contributed by atoms with Crippen molar-refractivity contribution in [3.05, 3.63) is 42.0 Å². The van der Waals surface area contributed by atoms with Crippen LogP contribution in [0.15, 0.2) is 36.4 Å². The lowest BCUT2D eigenvalue weighted by Gasteiger charge is -2.30. The van der Waals surface area contributed by atoms with Gasteiger partial charge in [0.1, 0.15) is 0 Å². The Morgan fingerprint density at radius 2 is 1.76 bits per heavy atom. The topological polar surface area (TPSA) is 3.24 Å². The molecule has 0 fully saturated rings. The molecule has 0 bridgehead atoms. The zero-order valence-corrected chi connectivity index (χ0v) is 11.2. The standard InChI is InChI=1S/C16H21N/c1-5-17(12(2)3)16-13(4)10-11-14-8-6-7-9-15(14)16/h6-12H,5H2,1-4H3. The molecule has 0 saturated heterocycles. The monoisotopic (exact) mass is 227 g/mol. The zero-order valence-electron chi connectivity index (χ0n) is 11.2. The molecule has 0 amide bonds. The largest absolute Gasteiger partial charge is 0.369 e.